The molecule has 0 atom stereocenters. The van der Waals surface area contributed by atoms with Crippen LogP contribution in [0, 0.1) is 5.82 Å². The molecule has 0 amide bonds. The van der Waals surface area contributed by atoms with E-state index in [1.165, 1.54) is 23.8 Å². The van der Waals surface area contributed by atoms with Gasteiger partial charge in [-0.05, 0) is 90.5 Å². The third kappa shape index (κ3) is 9.19. The number of aryl methyl sites for hydroxylation is 1. The maximum absolute atomic E-state index is 13.9. The van der Waals surface area contributed by atoms with Crippen LogP contribution >= 0.6 is 11.3 Å². The first-order valence-electron chi connectivity index (χ1n) is 12.3. The summed E-state index contributed by atoms with van der Waals surface area (Å²) in [6, 6.07) is 16.8. The fraction of sp³-hybridized carbons (Fsp3) is 0.321. The number of hydrogen-bond acceptors (Lipinski definition) is 4. The molecule has 1 saturated carbocycles. The summed E-state index contributed by atoms with van der Waals surface area (Å²) >= 11 is 1.79. The van der Waals surface area contributed by atoms with Gasteiger partial charge in [0, 0.05) is 21.3 Å². The Hall–Kier alpha value is -3.92. The number of ether oxygens (including phenoxy) is 1. The van der Waals surface area contributed by atoms with Gasteiger partial charge in [-0.15, -0.1) is 11.3 Å². The second kappa shape index (κ2) is 13.6. The van der Waals surface area contributed by atoms with Crippen molar-refractivity contribution in [3.8, 4) is 16.2 Å². The molecule has 3 aromatic rings. The lowest BCUT2D eigenvalue weighted by Crippen LogP contribution is -2.29. The molecule has 202 valence electrons. The van der Waals surface area contributed by atoms with E-state index in [0.29, 0.717) is 30.5 Å². The molecular weight excluding hydrogens is 505 g/mol. The second-order valence-electron chi connectivity index (χ2n) is 9.23. The Bertz CT molecular complexity index is 1290. The van der Waals surface area contributed by atoms with Crippen LogP contribution in [0.5, 0.6) is 5.75 Å². The van der Waals surface area contributed by atoms with Crippen LogP contribution in [0.15, 0.2) is 59.6 Å². The lowest BCUT2D eigenvalue weighted by atomic mass is 10.1. The van der Waals surface area contributed by atoms with Crippen LogP contribution in [0.3, 0.4) is 0 Å². The van der Waals surface area contributed by atoms with Gasteiger partial charge in [-0.25, -0.2) is 4.39 Å². The number of carbonyl (C=O) groups is 1. The molecule has 6 N–H and O–H groups in total. The van der Waals surface area contributed by atoms with Gasteiger partial charge < -0.3 is 26.1 Å². The Balaban J connectivity index is 0.000000383. The first-order chi connectivity index (χ1) is 18.1. The third-order valence-electron chi connectivity index (χ3n) is 5.81. The molecule has 1 aromatic heterocycles. The molecule has 10 heteroatoms. The van der Waals surface area contributed by atoms with E-state index in [-0.39, 0.29) is 24.8 Å². The molecule has 1 heterocycles. The van der Waals surface area contributed by atoms with E-state index in [1.54, 1.807) is 36.1 Å². The zero-order valence-electron chi connectivity index (χ0n) is 21.7. The summed E-state index contributed by atoms with van der Waals surface area (Å²) in [6.45, 7) is 0.286. The topological polar surface area (TPSA) is 143 Å². The van der Waals surface area contributed by atoms with E-state index in [0.717, 1.165) is 21.6 Å². The van der Waals surface area contributed by atoms with Crippen LogP contribution in [0.25, 0.3) is 10.4 Å². The van der Waals surface area contributed by atoms with Crippen LogP contribution < -0.4 is 27.0 Å². The van der Waals surface area contributed by atoms with Gasteiger partial charge in [0.25, 0.3) is 5.96 Å². The molecule has 0 unspecified atom stereocenters. The Morgan fingerprint density at radius 1 is 1.11 bits per heavy atom. The van der Waals surface area contributed by atoms with Crippen molar-refractivity contribution in [2.75, 3.05) is 14.1 Å². The van der Waals surface area contributed by atoms with Gasteiger partial charge in [-0.1, -0.05) is 18.2 Å². The number of thiophene rings is 1. The van der Waals surface area contributed by atoms with E-state index in [4.69, 9.17) is 21.9 Å². The second-order valence-corrected chi connectivity index (χ2v) is 10.3. The van der Waals surface area contributed by atoms with E-state index >= 15 is 0 Å². The highest BCUT2D eigenvalue weighted by Gasteiger charge is 2.25. The number of carboxylic acids is 1. The lowest BCUT2D eigenvalue weighted by Gasteiger charge is -2.11. The van der Waals surface area contributed by atoms with Crippen molar-refractivity contribution >= 4 is 29.2 Å². The average molecular weight is 540 g/mol. The van der Waals surface area contributed by atoms with Gasteiger partial charge in [0.1, 0.15) is 18.2 Å². The Kier molecular flexibility index (Phi) is 10.2. The molecule has 0 saturated heterocycles. The van der Waals surface area contributed by atoms with Crippen molar-refractivity contribution < 1.29 is 23.6 Å². The molecule has 0 radical (unpaired) electrons. The maximum Gasteiger partial charge on any atom is 0.387 e. The number of halogens is 1. The summed E-state index contributed by atoms with van der Waals surface area (Å²) in [7, 11) is 3.50. The van der Waals surface area contributed by atoms with Gasteiger partial charge >= 0.3 is 5.96 Å². The van der Waals surface area contributed by atoms with Crippen molar-refractivity contribution in [3.63, 3.8) is 0 Å². The number of nitrogens with two attached hydrogens (primary N) is 3. The van der Waals surface area contributed by atoms with Crippen molar-refractivity contribution in [3.05, 3.63) is 76.4 Å². The number of nitrogens with zero attached hydrogens (tertiary/aromatic N) is 2. The quantitative estimate of drug-likeness (QED) is 0.217. The molecule has 8 nitrogen and oxygen atoms in total. The van der Waals surface area contributed by atoms with Crippen LogP contribution in [0.4, 0.5) is 4.39 Å². The highest BCUT2D eigenvalue weighted by molar-refractivity contribution is 7.15. The average Bonchev–Trinajstić information content (AvgIpc) is 3.60. The molecule has 4 rings (SSSR count). The molecule has 38 heavy (non-hydrogen) atoms. The summed E-state index contributed by atoms with van der Waals surface area (Å²) < 4.78 is 21.4. The van der Waals surface area contributed by atoms with Crippen LogP contribution in [0.2, 0.25) is 0 Å². The van der Waals surface area contributed by atoms with Crippen LogP contribution in [-0.2, 0) is 17.8 Å². The first kappa shape index (κ1) is 28.6. The van der Waals surface area contributed by atoms with E-state index < -0.39 is 5.97 Å². The largest absolute Gasteiger partial charge is 0.550 e. The number of carboxylic acid groups (broad SMARTS) is 1. The molecule has 2 aromatic carbocycles. The molecule has 0 bridgehead atoms. The minimum absolute atomic E-state index is 0.0267. The molecule has 1 aliphatic carbocycles. The summed E-state index contributed by atoms with van der Waals surface area (Å²) in [5.41, 5.74) is 18.3. The predicted octanol–water partition coefficient (Wildman–Crippen LogP) is 2.93. The number of carbonyl (C=O) groups excluding carboxylic acids is 1. The standard InChI is InChI=1S/C24H23FO3S.C4H11N5/c25-19-8-11-21(23-13-12-22(29-23)17-6-7-17)18(14-19)15-28-20-9-4-16(5-10-20)2-1-3-24(26)27;1-9(2)4(7)8-3(5)6/h4-5,8-14,17H,1-3,6-7,15H2,(H,26,27);1-2H3,(H5,5,6,7,8). The minimum Gasteiger partial charge on any atom is -0.550 e. The minimum atomic E-state index is -1.02. The Labute approximate surface area is 226 Å². The fourth-order valence-electron chi connectivity index (χ4n) is 3.59. The first-order valence-corrected chi connectivity index (χ1v) is 13.1. The van der Waals surface area contributed by atoms with E-state index in [1.807, 2.05) is 30.3 Å². The van der Waals surface area contributed by atoms with Gasteiger partial charge in [-0.2, -0.15) is 0 Å². The van der Waals surface area contributed by atoms with Crippen LogP contribution in [0.1, 0.15) is 47.6 Å². The number of aliphatic carboxylic acids is 1. The maximum atomic E-state index is 13.9. The van der Waals surface area contributed by atoms with Gasteiger partial charge in [0.15, 0.2) is 0 Å². The van der Waals surface area contributed by atoms with Crippen molar-refractivity contribution in [2.24, 2.45) is 22.2 Å². The van der Waals surface area contributed by atoms with E-state index in [2.05, 4.69) is 17.1 Å². The third-order valence-corrected chi connectivity index (χ3v) is 7.09. The fourth-order valence-corrected chi connectivity index (χ4v) is 4.83. The number of aliphatic imine (C=N–C) groups is 1. The highest BCUT2D eigenvalue weighted by atomic mass is 32.1. The summed E-state index contributed by atoms with van der Waals surface area (Å²) in [6.07, 6.45) is 3.83. The smallest absolute Gasteiger partial charge is 0.387 e. The van der Waals surface area contributed by atoms with E-state index in [9.17, 15) is 14.3 Å². The van der Waals surface area contributed by atoms with Gasteiger partial charge in [0.05, 0.1) is 14.1 Å². The normalized spacial score (nSPS) is 12.2. The number of guanidine groups is 2. The monoisotopic (exact) mass is 539 g/mol. The Morgan fingerprint density at radius 3 is 2.39 bits per heavy atom. The SMILES string of the molecule is C[N+](C)=C(N)N=C(N)N.O=C([O-])CCCc1ccc(OCc2cc(F)ccc2-c2ccc(C3CC3)s2)cc1. The molecule has 1 aliphatic rings. The Morgan fingerprint density at radius 2 is 1.82 bits per heavy atom. The predicted molar refractivity (Wildman–Crippen MR) is 148 cm³/mol. The molecule has 1 fully saturated rings. The summed E-state index contributed by atoms with van der Waals surface area (Å²) in [4.78, 5) is 16.6. The van der Waals surface area contributed by atoms with Crippen LogP contribution in [-0.4, -0.2) is 36.6 Å². The molecular formula is C28H34FN5O3S. The number of benzene rings is 2. The molecule has 0 spiro atoms. The van der Waals surface area contributed by atoms with Crippen molar-refractivity contribution in [1.82, 2.24) is 0 Å². The zero-order valence-corrected chi connectivity index (χ0v) is 22.5. The van der Waals surface area contributed by atoms with Gasteiger partial charge in [-0.3, -0.25) is 10.3 Å². The van der Waals surface area contributed by atoms with Gasteiger partial charge in [0.2, 0.25) is 0 Å². The molecule has 0 aliphatic heterocycles. The van der Waals surface area contributed by atoms with Crippen molar-refractivity contribution in [2.45, 2.75) is 44.6 Å². The summed E-state index contributed by atoms with van der Waals surface area (Å²) in [5.74, 6) is 0.393. The lowest BCUT2D eigenvalue weighted by molar-refractivity contribution is -0.466. The highest BCUT2D eigenvalue weighted by Crippen LogP contribution is 2.45. The number of hydrogen-bond donors (Lipinski definition) is 3. The summed E-state index contributed by atoms with van der Waals surface area (Å²) in [5, 5.41) is 10.5. The van der Waals surface area contributed by atoms with Crippen molar-refractivity contribution in [1.29, 1.82) is 0 Å². The number of rotatable bonds is 9. The zero-order chi connectivity index (χ0) is 27.7.